The Morgan fingerprint density at radius 2 is 1.96 bits per heavy atom. The Balaban J connectivity index is 1.94. The second kappa shape index (κ2) is 9.31. The summed E-state index contributed by atoms with van der Waals surface area (Å²) in [6.45, 7) is 3.45. The lowest BCUT2D eigenvalue weighted by Gasteiger charge is -2.27. The van der Waals surface area contributed by atoms with E-state index in [9.17, 15) is 14.9 Å². The molecule has 0 unspecified atom stereocenters. The lowest BCUT2D eigenvalue weighted by molar-refractivity contribution is -0.392. The Kier molecular flexibility index (Phi) is 7.34. The molecule has 0 aliphatic heterocycles. The molecule has 1 heterocycles. The van der Waals surface area contributed by atoms with Crippen molar-refractivity contribution in [1.82, 2.24) is 14.9 Å². The maximum absolute atomic E-state index is 12.1. The quantitative estimate of drug-likeness (QED) is 0.286. The van der Waals surface area contributed by atoms with Gasteiger partial charge in [0.05, 0.1) is 0 Å². The maximum Gasteiger partial charge on any atom is 0.409 e. The Labute approximate surface area is 176 Å². The molecule has 0 aliphatic rings. The topological polar surface area (TPSA) is 111 Å². The summed E-state index contributed by atoms with van der Waals surface area (Å²) in [5.74, 6) is 0.234. The number of nitrogens with zero attached hydrogens (tertiary/aromatic N) is 3. The SMILES string of the molecule is Cc1ccc(N[C@H](NC(=O)OCCn2c([N+](=O)[O-])cnc2C)C(Cl)(Cl)Cl)cc1. The summed E-state index contributed by atoms with van der Waals surface area (Å²) in [4.78, 5) is 26.3. The molecule has 0 fully saturated rings. The zero-order valence-corrected chi connectivity index (χ0v) is 17.3. The summed E-state index contributed by atoms with van der Waals surface area (Å²) in [5.41, 5.74) is 1.68. The minimum atomic E-state index is -1.86. The van der Waals surface area contributed by atoms with Gasteiger partial charge in [-0.05, 0) is 24.0 Å². The second-order valence-corrected chi connectivity index (χ2v) is 8.21. The normalized spacial score (nSPS) is 12.3. The maximum atomic E-state index is 12.1. The number of nitrogens with one attached hydrogen (secondary N) is 2. The number of alkyl halides is 3. The van der Waals surface area contributed by atoms with E-state index in [0.29, 0.717) is 11.5 Å². The molecule has 0 saturated carbocycles. The zero-order valence-electron chi connectivity index (χ0n) is 15.0. The number of halogens is 3. The minimum absolute atomic E-state index is 0.0550. The van der Waals surface area contributed by atoms with Gasteiger partial charge >= 0.3 is 11.9 Å². The molecule has 9 nitrogen and oxygen atoms in total. The van der Waals surface area contributed by atoms with Gasteiger partial charge in [-0.15, -0.1) is 0 Å². The number of nitro groups is 1. The number of rotatable bonds is 7. The van der Waals surface area contributed by atoms with Crippen molar-refractivity contribution in [1.29, 1.82) is 0 Å². The highest BCUT2D eigenvalue weighted by molar-refractivity contribution is 6.68. The summed E-state index contributed by atoms with van der Waals surface area (Å²) in [6, 6.07) is 7.26. The Hall–Kier alpha value is -2.23. The van der Waals surface area contributed by atoms with Crippen LogP contribution in [0.3, 0.4) is 0 Å². The first-order valence-corrected chi connectivity index (χ1v) is 9.21. The molecule has 0 saturated heterocycles. The van der Waals surface area contributed by atoms with Crippen molar-refractivity contribution in [2.75, 3.05) is 11.9 Å². The van der Waals surface area contributed by atoms with Crippen LogP contribution in [0.5, 0.6) is 0 Å². The molecule has 0 bridgehead atoms. The van der Waals surface area contributed by atoms with E-state index >= 15 is 0 Å². The van der Waals surface area contributed by atoms with Crippen molar-refractivity contribution in [2.24, 2.45) is 0 Å². The van der Waals surface area contributed by atoms with Gasteiger partial charge in [0.15, 0.2) is 5.82 Å². The number of amides is 1. The Morgan fingerprint density at radius 1 is 1.32 bits per heavy atom. The van der Waals surface area contributed by atoms with E-state index in [4.69, 9.17) is 39.5 Å². The summed E-state index contributed by atoms with van der Waals surface area (Å²) >= 11 is 17.8. The van der Waals surface area contributed by atoms with Crippen LogP contribution >= 0.6 is 34.8 Å². The van der Waals surface area contributed by atoms with Crippen molar-refractivity contribution in [3.8, 4) is 0 Å². The van der Waals surface area contributed by atoms with Gasteiger partial charge in [0, 0.05) is 12.6 Å². The third kappa shape index (κ3) is 6.15. The molecule has 1 aromatic heterocycles. The largest absolute Gasteiger partial charge is 0.445 e. The molecule has 0 aliphatic carbocycles. The van der Waals surface area contributed by atoms with Gasteiger partial charge in [-0.25, -0.2) is 14.3 Å². The molecule has 1 aromatic carbocycles. The van der Waals surface area contributed by atoms with Crippen molar-refractivity contribution >= 4 is 52.4 Å². The predicted octanol–water partition coefficient (Wildman–Crippen LogP) is 3.94. The van der Waals surface area contributed by atoms with Crippen molar-refractivity contribution in [3.63, 3.8) is 0 Å². The van der Waals surface area contributed by atoms with Crippen LogP contribution in [0, 0.1) is 24.0 Å². The van der Waals surface area contributed by atoms with E-state index in [0.717, 1.165) is 11.8 Å². The van der Waals surface area contributed by atoms with Crippen molar-refractivity contribution in [3.05, 3.63) is 52.0 Å². The molecule has 0 radical (unpaired) electrons. The zero-order chi connectivity index (χ0) is 20.9. The molecule has 1 amide bonds. The molecular weight excluding hydrogens is 433 g/mol. The Morgan fingerprint density at radius 3 is 2.54 bits per heavy atom. The average Bonchev–Trinajstić information content (AvgIpc) is 2.96. The molecular formula is C16H18Cl3N5O4. The van der Waals surface area contributed by atoms with Gasteiger partial charge in [0.1, 0.15) is 25.5 Å². The summed E-state index contributed by atoms with van der Waals surface area (Å²) in [7, 11) is 0. The second-order valence-electron chi connectivity index (χ2n) is 5.84. The molecule has 152 valence electrons. The fraction of sp³-hybridized carbons (Fsp3) is 0.375. The van der Waals surface area contributed by atoms with E-state index in [-0.39, 0.29) is 19.0 Å². The van der Waals surface area contributed by atoms with Crippen LogP contribution in [0.4, 0.5) is 16.3 Å². The summed E-state index contributed by atoms with van der Waals surface area (Å²) < 4.78 is 4.52. The van der Waals surface area contributed by atoms with E-state index < -0.39 is 21.0 Å². The first kappa shape index (κ1) is 22.1. The number of carbonyl (C=O) groups excluding carboxylic acids is 1. The number of benzene rings is 1. The van der Waals surface area contributed by atoms with Crippen LogP contribution in [-0.2, 0) is 11.3 Å². The lowest BCUT2D eigenvalue weighted by Crippen LogP contribution is -2.49. The molecule has 28 heavy (non-hydrogen) atoms. The molecule has 12 heteroatoms. The monoisotopic (exact) mass is 449 g/mol. The van der Waals surface area contributed by atoms with Gasteiger partial charge < -0.3 is 20.2 Å². The summed E-state index contributed by atoms with van der Waals surface area (Å²) in [5, 5.41) is 16.3. The molecule has 2 rings (SSSR count). The van der Waals surface area contributed by atoms with E-state index in [2.05, 4.69) is 15.6 Å². The van der Waals surface area contributed by atoms with Crippen LogP contribution in [0.25, 0.3) is 0 Å². The predicted molar refractivity (Wildman–Crippen MR) is 107 cm³/mol. The highest BCUT2D eigenvalue weighted by atomic mass is 35.6. The fourth-order valence-corrected chi connectivity index (χ4v) is 2.61. The van der Waals surface area contributed by atoms with Crippen molar-refractivity contribution in [2.45, 2.75) is 30.4 Å². The van der Waals surface area contributed by atoms with Crippen molar-refractivity contribution < 1.29 is 14.5 Å². The number of anilines is 1. The average molecular weight is 451 g/mol. The molecule has 2 N–H and O–H groups in total. The van der Waals surface area contributed by atoms with Gasteiger partial charge in [-0.2, -0.15) is 0 Å². The standard InChI is InChI=1S/C16H18Cl3N5O4/c1-10-3-5-12(6-4-10)21-14(16(17,18)19)22-15(25)28-8-7-23-11(2)20-9-13(23)24(26)27/h3-6,9,14,21H,7-8H2,1-2H3,(H,22,25)/t14-/m1/s1. The number of alkyl carbamates (subject to hydrolysis) is 1. The van der Waals surface area contributed by atoms with Gasteiger partial charge in [-0.3, -0.25) is 5.32 Å². The van der Waals surface area contributed by atoms with E-state index in [1.54, 1.807) is 19.1 Å². The lowest BCUT2D eigenvalue weighted by atomic mass is 10.2. The molecule has 0 spiro atoms. The number of imidazole rings is 1. The van der Waals surface area contributed by atoms with Gasteiger partial charge in [-0.1, -0.05) is 52.5 Å². The van der Waals surface area contributed by atoms with E-state index in [1.807, 2.05) is 19.1 Å². The van der Waals surface area contributed by atoms with Gasteiger partial charge in [0.25, 0.3) is 0 Å². The molecule has 2 aromatic rings. The van der Waals surface area contributed by atoms with Crippen LogP contribution in [0.15, 0.2) is 30.5 Å². The van der Waals surface area contributed by atoms with Crippen LogP contribution in [0.2, 0.25) is 0 Å². The van der Waals surface area contributed by atoms with Crippen LogP contribution in [-0.4, -0.2) is 37.1 Å². The first-order chi connectivity index (χ1) is 13.1. The molecule has 1 atom stereocenters. The highest BCUT2D eigenvalue weighted by Crippen LogP contribution is 2.31. The number of hydrogen-bond acceptors (Lipinski definition) is 6. The van der Waals surface area contributed by atoms with Gasteiger partial charge in [0.2, 0.25) is 3.79 Å². The highest BCUT2D eigenvalue weighted by Gasteiger charge is 2.34. The first-order valence-electron chi connectivity index (χ1n) is 8.07. The van der Waals surface area contributed by atoms with Crippen LogP contribution < -0.4 is 10.6 Å². The smallest absolute Gasteiger partial charge is 0.409 e. The fourth-order valence-electron chi connectivity index (χ4n) is 2.28. The third-order valence-electron chi connectivity index (χ3n) is 3.72. The number of ether oxygens (including phenoxy) is 1. The minimum Gasteiger partial charge on any atom is -0.445 e. The van der Waals surface area contributed by atoms with E-state index in [1.165, 1.54) is 4.57 Å². The third-order valence-corrected chi connectivity index (χ3v) is 4.38. The number of aryl methyl sites for hydroxylation is 2. The number of carbonyl (C=O) groups is 1. The Bertz CT molecular complexity index is 836. The number of hydrogen-bond donors (Lipinski definition) is 2. The van der Waals surface area contributed by atoms with Crippen LogP contribution in [0.1, 0.15) is 11.4 Å². The number of aromatic nitrogens is 2. The summed E-state index contributed by atoms with van der Waals surface area (Å²) in [6.07, 6.45) is -0.784.